The lowest BCUT2D eigenvalue weighted by molar-refractivity contribution is -0.123. The highest BCUT2D eigenvalue weighted by atomic mass is 79.9. The fraction of sp³-hybridized carbons (Fsp3) is 0.333. The number of ether oxygens (including phenoxy) is 1. The van der Waals surface area contributed by atoms with Crippen molar-refractivity contribution >= 4 is 49.6 Å². The fourth-order valence-corrected chi connectivity index (χ4v) is 5.37. The van der Waals surface area contributed by atoms with Crippen molar-refractivity contribution in [2.45, 2.75) is 38.6 Å². The number of methoxy groups -OCH3 is 1. The third-order valence-corrected chi connectivity index (χ3v) is 7.08. The Morgan fingerprint density at radius 1 is 1.40 bits per heavy atom. The molecule has 156 valence electrons. The SMILES string of the molecule is COc1ccc(/C=N/NC(=O)[C@@H](C)n2cnc3sc4c(c3c2=O)CCCC4)cc1Br. The molecule has 0 saturated heterocycles. The molecular formula is C21H21BrN4O3S. The van der Waals surface area contributed by atoms with Gasteiger partial charge in [-0.15, -0.1) is 11.3 Å². The first-order valence-corrected chi connectivity index (χ1v) is 11.3. The van der Waals surface area contributed by atoms with Crippen LogP contribution in [-0.4, -0.2) is 28.8 Å². The van der Waals surface area contributed by atoms with Crippen LogP contribution in [-0.2, 0) is 17.6 Å². The molecule has 1 atom stereocenters. The van der Waals surface area contributed by atoms with Crippen molar-refractivity contribution in [2.24, 2.45) is 5.10 Å². The van der Waals surface area contributed by atoms with Gasteiger partial charge in [0, 0.05) is 4.88 Å². The van der Waals surface area contributed by atoms with Gasteiger partial charge in [0.25, 0.3) is 11.5 Å². The molecule has 9 heteroatoms. The molecule has 1 N–H and O–H groups in total. The maximum Gasteiger partial charge on any atom is 0.263 e. The van der Waals surface area contributed by atoms with E-state index in [9.17, 15) is 9.59 Å². The number of benzene rings is 1. The third kappa shape index (κ3) is 3.91. The average Bonchev–Trinajstić information content (AvgIpc) is 3.13. The number of aryl methyl sites for hydroxylation is 2. The molecule has 1 aromatic carbocycles. The number of aromatic nitrogens is 2. The molecule has 2 heterocycles. The first-order valence-electron chi connectivity index (χ1n) is 9.67. The number of nitrogens with zero attached hydrogens (tertiary/aromatic N) is 3. The van der Waals surface area contributed by atoms with Crippen LogP contribution in [0.2, 0.25) is 0 Å². The van der Waals surface area contributed by atoms with Crippen molar-refractivity contribution in [1.82, 2.24) is 15.0 Å². The van der Waals surface area contributed by atoms with Gasteiger partial charge in [-0.3, -0.25) is 14.2 Å². The second-order valence-electron chi connectivity index (χ2n) is 7.15. The van der Waals surface area contributed by atoms with E-state index in [0.717, 1.165) is 46.1 Å². The van der Waals surface area contributed by atoms with E-state index in [2.05, 4.69) is 31.4 Å². The van der Waals surface area contributed by atoms with Crippen molar-refractivity contribution in [3.63, 3.8) is 0 Å². The molecule has 7 nitrogen and oxygen atoms in total. The number of amides is 1. The Hall–Kier alpha value is -2.52. The number of fused-ring (bicyclic) bond motifs is 3. The topological polar surface area (TPSA) is 85.6 Å². The summed E-state index contributed by atoms with van der Waals surface area (Å²) in [6, 6.07) is 4.73. The van der Waals surface area contributed by atoms with Gasteiger partial charge in [0.1, 0.15) is 16.6 Å². The van der Waals surface area contributed by atoms with Crippen molar-refractivity contribution in [3.05, 3.63) is 55.4 Å². The quantitative estimate of drug-likeness (QED) is 0.436. The molecule has 2 aromatic heterocycles. The predicted molar refractivity (Wildman–Crippen MR) is 122 cm³/mol. The van der Waals surface area contributed by atoms with E-state index in [-0.39, 0.29) is 11.5 Å². The van der Waals surface area contributed by atoms with Gasteiger partial charge in [0.15, 0.2) is 0 Å². The van der Waals surface area contributed by atoms with Gasteiger partial charge in [0.05, 0.1) is 29.5 Å². The third-order valence-electron chi connectivity index (χ3n) is 5.26. The summed E-state index contributed by atoms with van der Waals surface area (Å²) < 4.78 is 7.37. The van der Waals surface area contributed by atoms with E-state index in [1.54, 1.807) is 31.4 Å². The van der Waals surface area contributed by atoms with Crippen LogP contribution in [0.5, 0.6) is 5.75 Å². The highest BCUT2D eigenvalue weighted by Crippen LogP contribution is 2.33. The van der Waals surface area contributed by atoms with Crippen LogP contribution in [0.4, 0.5) is 0 Å². The number of hydrogen-bond acceptors (Lipinski definition) is 6. The van der Waals surface area contributed by atoms with Gasteiger partial charge in [0.2, 0.25) is 0 Å². The van der Waals surface area contributed by atoms with Gasteiger partial charge in [-0.2, -0.15) is 5.10 Å². The minimum absolute atomic E-state index is 0.162. The molecule has 0 saturated carbocycles. The number of hydrazone groups is 1. The van der Waals surface area contributed by atoms with Gasteiger partial charge < -0.3 is 4.74 Å². The van der Waals surface area contributed by atoms with E-state index in [1.807, 2.05) is 12.1 Å². The molecule has 0 aliphatic heterocycles. The maximum atomic E-state index is 13.1. The monoisotopic (exact) mass is 488 g/mol. The summed E-state index contributed by atoms with van der Waals surface area (Å²) in [4.78, 5) is 32.1. The standard InChI is InChI=1S/C21H21BrN4O3S/c1-12(19(27)25-24-10-13-7-8-16(29-2)15(22)9-13)26-11-23-20-18(21(26)28)14-5-3-4-6-17(14)30-20/h7-12H,3-6H2,1-2H3,(H,25,27)/b24-10+/t12-/m1/s1. The lowest BCUT2D eigenvalue weighted by Gasteiger charge is -2.14. The Morgan fingerprint density at radius 2 is 2.20 bits per heavy atom. The molecule has 0 fully saturated rings. The largest absolute Gasteiger partial charge is 0.496 e. The zero-order chi connectivity index (χ0) is 21.3. The highest BCUT2D eigenvalue weighted by molar-refractivity contribution is 9.10. The van der Waals surface area contributed by atoms with Crippen LogP contribution in [0.3, 0.4) is 0 Å². The summed E-state index contributed by atoms with van der Waals surface area (Å²) in [5.74, 6) is 0.328. The van der Waals surface area contributed by atoms with E-state index in [1.165, 1.54) is 22.0 Å². The molecule has 1 aliphatic carbocycles. The van der Waals surface area contributed by atoms with Gasteiger partial charge in [-0.1, -0.05) is 0 Å². The summed E-state index contributed by atoms with van der Waals surface area (Å²) in [6.07, 6.45) is 7.13. The van der Waals surface area contributed by atoms with E-state index in [0.29, 0.717) is 11.1 Å². The first kappa shape index (κ1) is 20.7. The van der Waals surface area contributed by atoms with Crippen LogP contribution in [0.1, 0.15) is 41.8 Å². The van der Waals surface area contributed by atoms with Crippen molar-refractivity contribution in [1.29, 1.82) is 0 Å². The number of halogens is 1. The molecular weight excluding hydrogens is 468 g/mol. The Balaban J connectivity index is 1.52. The summed E-state index contributed by atoms with van der Waals surface area (Å²) in [5.41, 5.74) is 4.25. The number of thiophene rings is 1. The number of carbonyl (C=O) groups excluding carboxylic acids is 1. The van der Waals surface area contributed by atoms with Crippen LogP contribution in [0.15, 0.2) is 38.9 Å². The Labute approximate surface area is 185 Å². The minimum atomic E-state index is -0.728. The first-order chi connectivity index (χ1) is 14.5. The van der Waals surface area contributed by atoms with Gasteiger partial charge in [-0.05, 0) is 77.9 Å². The summed E-state index contributed by atoms with van der Waals surface area (Å²) in [7, 11) is 1.59. The normalized spacial score (nSPS) is 14.6. The van der Waals surface area contributed by atoms with E-state index < -0.39 is 6.04 Å². The second-order valence-corrected chi connectivity index (χ2v) is 9.09. The predicted octanol–water partition coefficient (Wildman–Crippen LogP) is 3.82. The molecule has 0 unspecified atom stereocenters. The van der Waals surface area contributed by atoms with Crippen LogP contribution in [0.25, 0.3) is 10.2 Å². The zero-order valence-corrected chi connectivity index (χ0v) is 19.0. The van der Waals surface area contributed by atoms with Gasteiger partial charge in [-0.25, -0.2) is 10.4 Å². The molecule has 0 bridgehead atoms. The summed E-state index contributed by atoms with van der Waals surface area (Å²) >= 11 is 5.01. The minimum Gasteiger partial charge on any atom is -0.496 e. The van der Waals surface area contributed by atoms with Gasteiger partial charge >= 0.3 is 0 Å². The second kappa shape index (κ2) is 8.69. The van der Waals surface area contributed by atoms with E-state index in [4.69, 9.17) is 4.74 Å². The van der Waals surface area contributed by atoms with Crippen LogP contribution >= 0.6 is 27.3 Å². The molecule has 1 amide bonds. The molecule has 30 heavy (non-hydrogen) atoms. The average molecular weight is 489 g/mol. The molecule has 1 aliphatic rings. The zero-order valence-electron chi connectivity index (χ0n) is 16.6. The fourth-order valence-electron chi connectivity index (χ4n) is 3.59. The highest BCUT2D eigenvalue weighted by Gasteiger charge is 2.23. The summed E-state index contributed by atoms with van der Waals surface area (Å²) in [6.45, 7) is 1.67. The maximum absolute atomic E-state index is 13.1. The number of rotatable bonds is 5. The number of carbonyl (C=O) groups is 1. The molecule has 0 radical (unpaired) electrons. The molecule has 3 aromatic rings. The molecule has 4 rings (SSSR count). The van der Waals surface area contributed by atoms with Crippen molar-refractivity contribution in [2.75, 3.05) is 7.11 Å². The van der Waals surface area contributed by atoms with Crippen molar-refractivity contribution in [3.8, 4) is 5.75 Å². The van der Waals surface area contributed by atoms with Crippen molar-refractivity contribution < 1.29 is 9.53 Å². The summed E-state index contributed by atoms with van der Waals surface area (Å²) in [5, 5.41) is 4.69. The Kier molecular flexibility index (Phi) is 6.01. The Morgan fingerprint density at radius 3 is 2.97 bits per heavy atom. The number of nitrogens with one attached hydrogen (secondary N) is 1. The Bertz CT molecular complexity index is 1200. The lowest BCUT2D eigenvalue weighted by Crippen LogP contribution is -2.34. The number of hydrogen-bond donors (Lipinski definition) is 1. The smallest absolute Gasteiger partial charge is 0.263 e. The lowest BCUT2D eigenvalue weighted by atomic mass is 9.97. The van der Waals surface area contributed by atoms with Crippen LogP contribution < -0.4 is 15.7 Å². The van der Waals surface area contributed by atoms with E-state index >= 15 is 0 Å². The van der Waals surface area contributed by atoms with Crippen LogP contribution in [0, 0.1) is 0 Å². The molecule has 0 spiro atoms.